The highest BCUT2D eigenvalue weighted by Gasteiger charge is 2.11. The van der Waals surface area contributed by atoms with Crippen molar-refractivity contribution >= 4 is 5.69 Å². The Bertz CT molecular complexity index is 610. The van der Waals surface area contributed by atoms with Crippen LogP contribution < -0.4 is 15.4 Å². The summed E-state index contributed by atoms with van der Waals surface area (Å²) in [5.41, 5.74) is 5.31. The lowest BCUT2D eigenvalue weighted by atomic mass is 9.99. The normalized spacial score (nSPS) is 13.4. The fraction of sp³-hybridized carbons (Fsp3) is 0.333. The average molecular weight is 282 g/mol. The Morgan fingerprint density at radius 1 is 1.05 bits per heavy atom. The quantitative estimate of drug-likeness (QED) is 0.882. The van der Waals surface area contributed by atoms with Crippen LogP contribution >= 0.6 is 0 Å². The van der Waals surface area contributed by atoms with Crippen LogP contribution in [0.4, 0.5) is 5.69 Å². The van der Waals surface area contributed by atoms with Crippen LogP contribution in [0.25, 0.3) is 0 Å². The van der Waals surface area contributed by atoms with Crippen molar-refractivity contribution in [2.75, 3.05) is 19.0 Å². The zero-order valence-electron chi connectivity index (χ0n) is 12.5. The molecule has 0 spiro atoms. The van der Waals surface area contributed by atoms with Crippen LogP contribution in [0.1, 0.15) is 23.1 Å². The van der Waals surface area contributed by atoms with Crippen molar-refractivity contribution in [1.29, 1.82) is 0 Å². The van der Waals surface area contributed by atoms with E-state index in [2.05, 4.69) is 34.9 Å². The van der Waals surface area contributed by atoms with Gasteiger partial charge in [-0.3, -0.25) is 0 Å². The molecule has 0 bridgehead atoms. The van der Waals surface area contributed by atoms with E-state index in [9.17, 15) is 0 Å². The number of para-hydroxylation sites is 2. The molecule has 3 rings (SSSR count). The smallest absolute Gasteiger partial charge is 0.123 e. The number of rotatable bonds is 5. The van der Waals surface area contributed by atoms with Crippen molar-refractivity contribution in [2.45, 2.75) is 25.9 Å². The number of benzene rings is 2. The first kappa shape index (κ1) is 14.0. The highest BCUT2D eigenvalue weighted by atomic mass is 16.5. The zero-order valence-corrected chi connectivity index (χ0v) is 12.5. The molecule has 0 aliphatic carbocycles. The van der Waals surface area contributed by atoms with Gasteiger partial charge >= 0.3 is 0 Å². The third-order valence-corrected chi connectivity index (χ3v) is 3.99. The predicted molar refractivity (Wildman–Crippen MR) is 86.8 cm³/mol. The van der Waals surface area contributed by atoms with Crippen molar-refractivity contribution in [1.82, 2.24) is 5.32 Å². The minimum absolute atomic E-state index is 0.813. The number of methoxy groups -OCH3 is 1. The van der Waals surface area contributed by atoms with Crippen LogP contribution in [-0.2, 0) is 19.5 Å². The average Bonchev–Trinajstić information content (AvgIpc) is 2.55. The summed E-state index contributed by atoms with van der Waals surface area (Å²) in [4.78, 5) is 0. The lowest BCUT2D eigenvalue weighted by Gasteiger charge is -2.21. The van der Waals surface area contributed by atoms with E-state index in [1.165, 1.54) is 35.2 Å². The first-order valence-corrected chi connectivity index (χ1v) is 7.56. The van der Waals surface area contributed by atoms with E-state index in [-0.39, 0.29) is 0 Å². The van der Waals surface area contributed by atoms with Crippen molar-refractivity contribution in [2.24, 2.45) is 0 Å². The molecule has 3 nitrogen and oxygen atoms in total. The van der Waals surface area contributed by atoms with Crippen LogP contribution in [0.3, 0.4) is 0 Å². The van der Waals surface area contributed by atoms with Gasteiger partial charge in [0.2, 0.25) is 0 Å². The highest BCUT2D eigenvalue weighted by Crippen LogP contribution is 2.26. The molecule has 0 atom stereocenters. The lowest BCUT2D eigenvalue weighted by molar-refractivity contribution is 0.407. The Kier molecular flexibility index (Phi) is 4.41. The molecule has 1 aliphatic rings. The second kappa shape index (κ2) is 6.64. The maximum atomic E-state index is 5.39. The van der Waals surface area contributed by atoms with Crippen LogP contribution in [0.15, 0.2) is 42.5 Å². The fourth-order valence-corrected chi connectivity index (χ4v) is 2.91. The summed E-state index contributed by atoms with van der Waals surface area (Å²) in [6.07, 6.45) is 2.41. The minimum Gasteiger partial charge on any atom is -0.496 e. The van der Waals surface area contributed by atoms with E-state index in [0.717, 1.165) is 25.4 Å². The molecule has 2 N–H and O–H groups in total. The van der Waals surface area contributed by atoms with Crippen molar-refractivity contribution < 1.29 is 4.74 Å². The standard InChI is InChI=1S/C18H22N2O/c1-21-17-10-3-2-6-15(17)12-19-13-16-8-4-7-14-9-5-11-20-18(14)16/h2-4,6-8,10,19-20H,5,9,11-13H2,1H3. The van der Waals surface area contributed by atoms with E-state index < -0.39 is 0 Å². The largest absolute Gasteiger partial charge is 0.496 e. The maximum absolute atomic E-state index is 5.39. The molecule has 0 saturated carbocycles. The van der Waals surface area contributed by atoms with Gasteiger partial charge in [-0.05, 0) is 30.0 Å². The number of hydrogen-bond donors (Lipinski definition) is 2. The third kappa shape index (κ3) is 3.19. The van der Waals surface area contributed by atoms with Gasteiger partial charge in [0, 0.05) is 30.9 Å². The van der Waals surface area contributed by atoms with E-state index in [0.29, 0.717) is 0 Å². The van der Waals surface area contributed by atoms with E-state index in [4.69, 9.17) is 4.74 Å². The maximum Gasteiger partial charge on any atom is 0.123 e. The first-order chi connectivity index (χ1) is 10.4. The number of nitrogens with one attached hydrogen (secondary N) is 2. The third-order valence-electron chi connectivity index (χ3n) is 3.99. The van der Waals surface area contributed by atoms with Gasteiger partial charge in [0.25, 0.3) is 0 Å². The monoisotopic (exact) mass is 282 g/mol. The number of anilines is 1. The van der Waals surface area contributed by atoms with Crippen LogP contribution in [0.2, 0.25) is 0 Å². The molecule has 2 aromatic carbocycles. The number of hydrogen-bond acceptors (Lipinski definition) is 3. The van der Waals surface area contributed by atoms with Crippen LogP contribution in [0, 0.1) is 0 Å². The van der Waals surface area contributed by atoms with Gasteiger partial charge in [-0.2, -0.15) is 0 Å². The molecule has 2 aromatic rings. The summed E-state index contributed by atoms with van der Waals surface area (Å²) < 4.78 is 5.39. The molecule has 1 heterocycles. The molecule has 0 amide bonds. The summed E-state index contributed by atoms with van der Waals surface area (Å²) in [7, 11) is 1.72. The van der Waals surface area contributed by atoms with Gasteiger partial charge in [0.1, 0.15) is 5.75 Å². The first-order valence-electron chi connectivity index (χ1n) is 7.56. The molecular weight excluding hydrogens is 260 g/mol. The van der Waals surface area contributed by atoms with E-state index >= 15 is 0 Å². The highest BCUT2D eigenvalue weighted by molar-refractivity contribution is 5.59. The molecule has 110 valence electrons. The SMILES string of the molecule is COc1ccccc1CNCc1cccc2c1NCCC2. The molecule has 0 aromatic heterocycles. The van der Waals surface area contributed by atoms with Gasteiger partial charge in [0.15, 0.2) is 0 Å². The molecule has 1 aliphatic heterocycles. The van der Waals surface area contributed by atoms with Gasteiger partial charge < -0.3 is 15.4 Å². The Morgan fingerprint density at radius 2 is 1.86 bits per heavy atom. The Labute approximate surface area is 126 Å². The summed E-state index contributed by atoms with van der Waals surface area (Å²) in [6.45, 7) is 2.76. The minimum atomic E-state index is 0.813. The summed E-state index contributed by atoms with van der Waals surface area (Å²) in [5, 5.41) is 7.06. The van der Waals surface area contributed by atoms with Gasteiger partial charge in [-0.25, -0.2) is 0 Å². The van der Waals surface area contributed by atoms with Crippen molar-refractivity contribution in [3.63, 3.8) is 0 Å². The Hall–Kier alpha value is -2.00. The van der Waals surface area contributed by atoms with Crippen LogP contribution in [0.5, 0.6) is 5.75 Å². The van der Waals surface area contributed by atoms with Gasteiger partial charge in [-0.1, -0.05) is 36.4 Å². The molecular formula is C18H22N2O. The zero-order chi connectivity index (χ0) is 14.5. The summed E-state index contributed by atoms with van der Waals surface area (Å²) >= 11 is 0. The lowest BCUT2D eigenvalue weighted by Crippen LogP contribution is -2.18. The molecule has 0 radical (unpaired) electrons. The molecule has 21 heavy (non-hydrogen) atoms. The second-order valence-corrected chi connectivity index (χ2v) is 5.40. The molecule has 0 fully saturated rings. The van der Waals surface area contributed by atoms with Crippen molar-refractivity contribution in [3.8, 4) is 5.75 Å². The summed E-state index contributed by atoms with van der Waals surface area (Å²) in [6, 6.07) is 14.7. The van der Waals surface area contributed by atoms with Gasteiger partial charge in [0.05, 0.1) is 7.11 Å². The van der Waals surface area contributed by atoms with Gasteiger partial charge in [-0.15, -0.1) is 0 Å². The fourth-order valence-electron chi connectivity index (χ4n) is 2.91. The Balaban J connectivity index is 1.66. The van der Waals surface area contributed by atoms with Crippen molar-refractivity contribution in [3.05, 3.63) is 59.2 Å². The molecule has 3 heteroatoms. The van der Waals surface area contributed by atoms with Crippen LogP contribution in [-0.4, -0.2) is 13.7 Å². The second-order valence-electron chi connectivity index (χ2n) is 5.40. The number of ether oxygens (including phenoxy) is 1. The van der Waals surface area contributed by atoms with E-state index in [1.807, 2.05) is 18.2 Å². The molecule has 0 unspecified atom stereocenters. The number of fused-ring (bicyclic) bond motifs is 1. The molecule has 0 saturated heterocycles. The topological polar surface area (TPSA) is 33.3 Å². The Morgan fingerprint density at radius 3 is 2.76 bits per heavy atom. The predicted octanol–water partition coefficient (Wildman–Crippen LogP) is 3.34. The van der Waals surface area contributed by atoms with E-state index in [1.54, 1.807) is 7.11 Å². The number of aryl methyl sites for hydroxylation is 1. The summed E-state index contributed by atoms with van der Waals surface area (Å²) in [5.74, 6) is 0.943.